The number of nitrogens with zero attached hydrogens (tertiary/aromatic N) is 6. The lowest BCUT2D eigenvalue weighted by Crippen LogP contribution is -2.49. The van der Waals surface area contributed by atoms with E-state index in [-0.39, 0.29) is 12.4 Å². The van der Waals surface area contributed by atoms with E-state index < -0.39 is 0 Å². The fourth-order valence-electron chi connectivity index (χ4n) is 5.68. The van der Waals surface area contributed by atoms with Crippen molar-refractivity contribution in [3.8, 4) is 5.75 Å². The summed E-state index contributed by atoms with van der Waals surface area (Å²) in [6, 6.07) is 7.76. The molecule has 0 bridgehead atoms. The molecule has 2 aromatic heterocycles. The molecule has 0 amide bonds. The van der Waals surface area contributed by atoms with Gasteiger partial charge in [-0.05, 0) is 67.3 Å². The Balaban J connectivity index is 1.16. The van der Waals surface area contributed by atoms with Crippen LogP contribution in [0.15, 0.2) is 58.8 Å². The number of halogens is 1. The monoisotopic (exact) mass is 520 g/mol. The normalized spacial score (nSPS) is 22.5. The quantitative estimate of drug-likeness (QED) is 0.373. The molecule has 2 aliphatic rings. The molecule has 3 atom stereocenters. The Bertz CT molecular complexity index is 1190. The molecule has 0 N–H and O–H groups in total. The molecule has 9 heteroatoms. The van der Waals surface area contributed by atoms with Crippen LogP contribution in [0.3, 0.4) is 0 Å². The first-order valence-corrected chi connectivity index (χ1v) is 13.6. The van der Waals surface area contributed by atoms with Gasteiger partial charge in [0.15, 0.2) is 6.61 Å². The molecule has 8 nitrogen and oxygen atoms in total. The van der Waals surface area contributed by atoms with Crippen LogP contribution in [0.2, 0.25) is 0 Å². The molecule has 0 spiro atoms. The van der Waals surface area contributed by atoms with Gasteiger partial charge in [0, 0.05) is 51.5 Å². The van der Waals surface area contributed by atoms with Crippen LogP contribution < -0.4 is 9.64 Å². The second-order valence-electron chi connectivity index (χ2n) is 10.8. The van der Waals surface area contributed by atoms with E-state index in [0.717, 1.165) is 51.5 Å². The lowest BCUT2D eigenvalue weighted by molar-refractivity contribution is 0.154. The molecule has 5 rings (SSSR count). The highest BCUT2D eigenvalue weighted by Gasteiger charge is 2.34. The van der Waals surface area contributed by atoms with Crippen molar-refractivity contribution < 1.29 is 13.5 Å². The Morgan fingerprint density at radius 2 is 1.74 bits per heavy atom. The van der Waals surface area contributed by atoms with E-state index >= 15 is 0 Å². The zero-order valence-corrected chi connectivity index (χ0v) is 22.5. The van der Waals surface area contributed by atoms with Gasteiger partial charge >= 0.3 is 0 Å². The minimum absolute atomic E-state index is 0.165. The molecular formula is C29H37FN6O2. The largest absolute Gasteiger partial charge is 0.484 e. The molecule has 1 aliphatic heterocycles. The third-order valence-corrected chi connectivity index (χ3v) is 7.87. The molecular weight excluding hydrogens is 483 g/mol. The van der Waals surface area contributed by atoms with Crippen LogP contribution in [-0.2, 0) is 13.0 Å². The van der Waals surface area contributed by atoms with Crippen molar-refractivity contribution in [2.45, 2.75) is 40.2 Å². The smallest absolute Gasteiger partial charge is 0.253 e. The second-order valence-corrected chi connectivity index (χ2v) is 10.8. The number of benzene rings is 1. The Morgan fingerprint density at radius 1 is 1.03 bits per heavy atom. The number of hydrogen-bond acceptors (Lipinski definition) is 8. The molecule has 1 aromatic carbocycles. The van der Waals surface area contributed by atoms with Crippen LogP contribution >= 0.6 is 0 Å². The maximum Gasteiger partial charge on any atom is 0.253 e. The van der Waals surface area contributed by atoms with Gasteiger partial charge in [-0.3, -0.25) is 4.90 Å². The summed E-state index contributed by atoms with van der Waals surface area (Å²) >= 11 is 0. The van der Waals surface area contributed by atoms with Crippen molar-refractivity contribution >= 4 is 5.95 Å². The van der Waals surface area contributed by atoms with E-state index in [0.29, 0.717) is 41.2 Å². The average molecular weight is 521 g/mol. The van der Waals surface area contributed by atoms with Crippen LogP contribution in [0.25, 0.3) is 0 Å². The first-order chi connectivity index (χ1) is 18.4. The molecule has 0 radical (unpaired) electrons. The molecule has 1 aliphatic carbocycles. The highest BCUT2D eigenvalue weighted by Crippen LogP contribution is 2.39. The minimum Gasteiger partial charge on any atom is -0.484 e. The van der Waals surface area contributed by atoms with Crippen molar-refractivity contribution in [3.05, 3.63) is 72.0 Å². The van der Waals surface area contributed by atoms with Gasteiger partial charge in [0.25, 0.3) is 5.89 Å². The summed E-state index contributed by atoms with van der Waals surface area (Å²) in [5.74, 6) is 4.28. The van der Waals surface area contributed by atoms with Gasteiger partial charge in [0.05, 0.1) is 0 Å². The van der Waals surface area contributed by atoms with Crippen LogP contribution in [0.1, 0.15) is 39.0 Å². The van der Waals surface area contributed by atoms with Crippen LogP contribution in [-0.4, -0.2) is 57.8 Å². The van der Waals surface area contributed by atoms with Gasteiger partial charge < -0.3 is 14.1 Å². The maximum atomic E-state index is 13.1. The lowest BCUT2D eigenvalue weighted by Gasteiger charge is -2.41. The summed E-state index contributed by atoms with van der Waals surface area (Å²) in [7, 11) is 0. The van der Waals surface area contributed by atoms with Gasteiger partial charge in [-0.25, -0.2) is 14.4 Å². The molecule has 202 valence electrons. The van der Waals surface area contributed by atoms with Crippen LogP contribution in [0.4, 0.5) is 10.3 Å². The highest BCUT2D eigenvalue weighted by molar-refractivity contribution is 5.29. The van der Waals surface area contributed by atoms with Crippen LogP contribution in [0, 0.1) is 29.5 Å². The molecule has 3 heterocycles. The second kappa shape index (κ2) is 12.0. The lowest BCUT2D eigenvalue weighted by atomic mass is 9.69. The van der Waals surface area contributed by atoms with Gasteiger partial charge in [0.1, 0.15) is 11.6 Å². The Morgan fingerprint density at radius 3 is 2.45 bits per heavy atom. The predicted octanol–water partition coefficient (Wildman–Crippen LogP) is 4.80. The number of anilines is 1. The number of rotatable bonds is 9. The van der Waals surface area contributed by atoms with Crippen molar-refractivity contribution in [2.75, 3.05) is 37.6 Å². The summed E-state index contributed by atoms with van der Waals surface area (Å²) in [5, 5.41) is 8.44. The topological polar surface area (TPSA) is 80.4 Å². The average Bonchev–Trinajstić information content (AvgIpc) is 3.38. The fourth-order valence-corrected chi connectivity index (χ4v) is 5.68. The number of ether oxygens (including phenoxy) is 1. The Labute approximate surface area is 223 Å². The fraction of sp³-hybridized carbons (Fsp3) is 0.517. The van der Waals surface area contributed by atoms with Gasteiger partial charge in [0.2, 0.25) is 11.8 Å². The third-order valence-electron chi connectivity index (χ3n) is 7.87. The molecule has 1 saturated heterocycles. The molecule has 0 saturated carbocycles. The van der Waals surface area contributed by atoms with Crippen molar-refractivity contribution in [3.63, 3.8) is 0 Å². The molecule has 3 unspecified atom stereocenters. The number of piperazine rings is 1. The molecule has 1 fully saturated rings. The maximum absolute atomic E-state index is 13.1. The summed E-state index contributed by atoms with van der Waals surface area (Å²) in [5.41, 5.74) is 1.41. The molecule has 38 heavy (non-hydrogen) atoms. The summed E-state index contributed by atoms with van der Waals surface area (Å²) < 4.78 is 24.6. The number of hydrogen-bond donors (Lipinski definition) is 0. The van der Waals surface area contributed by atoms with E-state index in [4.69, 9.17) is 9.15 Å². The van der Waals surface area contributed by atoms with Crippen molar-refractivity contribution in [1.29, 1.82) is 0 Å². The number of allylic oxidation sites excluding steroid dienone is 1. The number of aromatic nitrogens is 4. The predicted molar refractivity (Wildman–Crippen MR) is 143 cm³/mol. The Kier molecular flexibility index (Phi) is 8.32. The van der Waals surface area contributed by atoms with Gasteiger partial charge in [-0.15, -0.1) is 10.2 Å². The van der Waals surface area contributed by atoms with E-state index in [1.807, 2.05) is 18.5 Å². The third kappa shape index (κ3) is 6.56. The minimum atomic E-state index is -0.295. The summed E-state index contributed by atoms with van der Waals surface area (Å²) in [4.78, 5) is 13.7. The van der Waals surface area contributed by atoms with Crippen molar-refractivity contribution in [1.82, 2.24) is 25.1 Å². The molecule has 3 aromatic rings. The Hall–Kier alpha value is -3.33. The van der Waals surface area contributed by atoms with E-state index in [1.165, 1.54) is 17.7 Å². The summed E-state index contributed by atoms with van der Waals surface area (Å²) in [6.07, 6.45) is 7.97. The summed E-state index contributed by atoms with van der Waals surface area (Å²) in [6.45, 7) is 12.1. The zero-order chi connectivity index (χ0) is 26.5. The van der Waals surface area contributed by atoms with E-state index in [1.54, 1.807) is 12.1 Å². The standard InChI is InChI=1S/C29H37FN6O2/c1-20(2)26-16-22(17-27-33-34-28(38-27)19-37-25-7-5-24(30)6-8-25)21(3)15-23(26)18-35-11-13-36(14-12-35)29-31-9-4-10-32-29/h4-10,15,20,22-23,26H,11-14,16-19H2,1-3H3. The van der Waals surface area contributed by atoms with E-state index in [9.17, 15) is 4.39 Å². The SMILES string of the molecule is CC1=CC(CN2CCN(c3ncccn3)CC2)C(C(C)C)CC1Cc1nnc(COc2ccc(F)cc2)o1. The van der Waals surface area contributed by atoms with Gasteiger partial charge in [-0.2, -0.15) is 0 Å². The first kappa shape index (κ1) is 26.3. The first-order valence-electron chi connectivity index (χ1n) is 13.6. The highest BCUT2D eigenvalue weighted by atomic mass is 19.1. The van der Waals surface area contributed by atoms with Crippen molar-refractivity contribution in [2.24, 2.45) is 23.7 Å². The van der Waals surface area contributed by atoms with Gasteiger partial charge in [-0.1, -0.05) is 25.5 Å². The van der Waals surface area contributed by atoms with Crippen LogP contribution in [0.5, 0.6) is 5.75 Å². The van der Waals surface area contributed by atoms with E-state index in [2.05, 4.69) is 56.8 Å². The zero-order valence-electron chi connectivity index (χ0n) is 22.5.